The maximum atomic E-state index is 12.3. The molecule has 0 aliphatic carbocycles. The molecule has 0 aliphatic rings. The van der Waals surface area contributed by atoms with E-state index in [1.165, 1.54) is 16.7 Å². The number of benzene rings is 6. The van der Waals surface area contributed by atoms with Crippen LogP contribution in [0.15, 0.2) is 134 Å². The van der Waals surface area contributed by atoms with Gasteiger partial charge in [0.25, 0.3) is 0 Å². The topological polar surface area (TPSA) is 50.9 Å². The van der Waals surface area contributed by atoms with Gasteiger partial charge in [0.1, 0.15) is 11.6 Å². The van der Waals surface area contributed by atoms with Crippen LogP contribution < -0.4 is 0 Å². The van der Waals surface area contributed by atoms with Crippen LogP contribution >= 0.6 is 0 Å². The number of hydrogen-bond acceptors (Lipinski definition) is 3. The molecule has 0 radical (unpaired) electrons. The third-order valence-electron chi connectivity index (χ3n) is 12.0. The third-order valence-corrected chi connectivity index (χ3v) is 12.0. The number of imidazole rings is 1. The van der Waals surface area contributed by atoms with Crippen LogP contribution in [0.5, 0.6) is 5.75 Å². The summed E-state index contributed by atoms with van der Waals surface area (Å²) < 4.78 is 2.28. The van der Waals surface area contributed by atoms with Gasteiger partial charge in [-0.1, -0.05) is 171 Å². The number of hydrogen-bond donors (Lipinski definition) is 1. The molecule has 2 heterocycles. The number of aromatic hydroxyl groups is 1. The molecule has 318 valence electrons. The van der Waals surface area contributed by atoms with Crippen molar-refractivity contribution in [2.24, 2.45) is 0 Å². The molecular formula is C57H58N3OPt-. The van der Waals surface area contributed by atoms with Crippen LogP contribution in [0.3, 0.4) is 0 Å². The van der Waals surface area contributed by atoms with Gasteiger partial charge in [0.15, 0.2) is 0 Å². The first-order chi connectivity index (χ1) is 29.0. The quantitative estimate of drug-likeness (QED) is 0.154. The largest absolute Gasteiger partial charge is 0.507 e. The Kier molecular flexibility index (Phi) is 12.4. The number of nitrogens with zero attached hydrogens (tertiary/aromatic N) is 3. The molecule has 5 heteroatoms. The summed E-state index contributed by atoms with van der Waals surface area (Å²) in [6.45, 7) is 24.4. The van der Waals surface area contributed by atoms with E-state index in [1.807, 2.05) is 6.20 Å². The van der Waals surface area contributed by atoms with E-state index in [9.17, 15) is 5.11 Å². The normalized spacial score (nSPS) is 12.0. The Morgan fingerprint density at radius 1 is 0.597 bits per heavy atom. The number of para-hydroxylation sites is 1. The minimum Gasteiger partial charge on any atom is -0.507 e. The number of phenols is 1. The number of phenolic OH excluding ortho intramolecular Hbond substituents is 1. The summed E-state index contributed by atoms with van der Waals surface area (Å²) in [6, 6.07) is 49.4. The maximum absolute atomic E-state index is 12.3. The van der Waals surface area contributed by atoms with Crippen molar-refractivity contribution in [1.29, 1.82) is 0 Å². The number of aryl methyl sites for hydroxylation is 1. The fourth-order valence-corrected chi connectivity index (χ4v) is 8.20. The smallest absolute Gasteiger partial charge is 0.148 e. The molecular weight excluding hydrogens is 938 g/mol. The van der Waals surface area contributed by atoms with Crippen LogP contribution in [0.1, 0.15) is 109 Å². The zero-order valence-corrected chi connectivity index (χ0v) is 40.2. The second-order valence-corrected chi connectivity index (χ2v) is 19.3. The molecule has 0 fully saturated rings. The third kappa shape index (κ3) is 8.73. The van der Waals surface area contributed by atoms with Crippen LogP contribution in [0, 0.1) is 13.0 Å². The summed E-state index contributed by atoms with van der Waals surface area (Å²) in [4.78, 5) is 10.5. The van der Waals surface area contributed by atoms with Gasteiger partial charge in [-0.15, -0.1) is 29.3 Å². The van der Waals surface area contributed by atoms with Crippen molar-refractivity contribution < 1.29 is 26.2 Å². The summed E-state index contributed by atoms with van der Waals surface area (Å²) in [5, 5.41) is 12.3. The molecule has 4 nitrogen and oxygen atoms in total. The predicted molar refractivity (Wildman–Crippen MR) is 257 cm³/mol. The van der Waals surface area contributed by atoms with Crippen LogP contribution in [0.2, 0.25) is 0 Å². The van der Waals surface area contributed by atoms with Crippen LogP contribution in [-0.2, 0) is 31.9 Å². The Hall–Kier alpha value is -5.57. The molecule has 0 saturated carbocycles. The van der Waals surface area contributed by atoms with E-state index >= 15 is 0 Å². The molecule has 0 saturated heterocycles. The number of pyridine rings is 1. The first-order valence-corrected chi connectivity index (χ1v) is 21.7. The van der Waals surface area contributed by atoms with Crippen LogP contribution in [0.25, 0.3) is 72.7 Å². The van der Waals surface area contributed by atoms with E-state index < -0.39 is 0 Å². The van der Waals surface area contributed by atoms with Gasteiger partial charge in [-0.05, 0) is 93.3 Å². The first kappa shape index (κ1) is 44.5. The van der Waals surface area contributed by atoms with Crippen molar-refractivity contribution in [3.8, 4) is 67.5 Å². The Bertz CT molecular complexity index is 2890. The zero-order chi connectivity index (χ0) is 43.4. The van der Waals surface area contributed by atoms with E-state index in [0.29, 0.717) is 5.82 Å². The van der Waals surface area contributed by atoms with Gasteiger partial charge < -0.3 is 5.11 Å². The molecule has 6 aromatic carbocycles. The summed E-state index contributed by atoms with van der Waals surface area (Å²) >= 11 is 0. The van der Waals surface area contributed by atoms with Gasteiger partial charge in [-0.3, -0.25) is 9.55 Å². The molecule has 0 spiro atoms. The van der Waals surface area contributed by atoms with E-state index in [1.54, 1.807) is 0 Å². The Morgan fingerprint density at radius 3 is 1.95 bits per heavy atom. The monoisotopic (exact) mass is 995 g/mol. The van der Waals surface area contributed by atoms with Gasteiger partial charge in [0, 0.05) is 38.5 Å². The second kappa shape index (κ2) is 17.3. The zero-order valence-electron chi connectivity index (χ0n) is 38.0. The number of rotatable bonds is 8. The summed E-state index contributed by atoms with van der Waals surface area (Å²) in [5.74, 6) is 1.34. The van der Waals surface area contributed by atoms with Gasteiger partial charge in [0.2, 0.25) is 0 Å². The Morgan fingerprint density at radius 2 is 1.29 bits per heavy atom. The average molecular weight is 996 g/mol. The van der Waals surface area contributed by atoms with Crippen molar-refractivity contribution in [3.63, 3.8) is 0 Å². The van der Waals surface area contributed by atoms with E-state index in [-0.39, 0.29) is 49.5 Å². The van der Waals surface area contributed by atoms with Crippen molar-refractivity contribution in [2.45, 2.75) is 98.8 Å². The van der Waals surface area contributed by atoms with Crippen molar-refractivity contribution in [2.75, 3.05) is 0 Å². The molecule has 8 aromatic rings. The van der Waals surface area contributed by atoms with Crippen molar-refractivity contribution in [3.05, 3.63) is 167 Å². The summed E-state index contributed by atoms with van der Waals surface area (Å²) in [5.41, 5.74) is 17.2. The molecule has 62 heavy (non-hydrogen) atoms. The number of fused-ring (bicyclic) bond motifs is 1. The van der Waals surface area contributed by atoms with Crippen molar-refractivity contribution >= 4 is 11.0 Å². The number of aromatic nitrogens is 3. The van der Waals surface area contributed by atoms with Crippen LogP contribution in [-0.4, -0.2) is 19.6 Å². The summed E-state index contributed by atoms with van der Waals surface area (Å²) in [7, 11) is 0. The molecule has 0 amide bonds. The minimum atomic E-state index is -0.151. The molecule has 1 N–H and O–H groups in total. The van der Waals surface area contributed by atoms with Gasteiger partial charge in [-0.25, -0.2) is 4.98 Å². The van der Waals surface area contributed by atoms with E-state index in [4.69, 9.17) is 9.97 Å². The van der Waals surface area contributed by atoms with E-state index in [2.05, 4.69) is 214 Å². The van der Waals surface area contributed by atoms with Gasteiger partial charge >= 0.3 is 0 Å². The van der Waals surface area contributed by atoms with Gasteiger partial charge in [-0.2, -0.15) is 0 Å². The fraction of sp³-hybridized carbons (Fsp3) is 0.263. The predicted octanol–water partition coefficient (Wildman–Crippen LogP) is 15.4. The molecule has 2 aromatic heterocycles. The standard InChI is InChI=1S/C57H58N3O.Pt/c1-35(2)41-31-47(36(3)4)54(61)49(32-41)55-59-53-46(18-15-19-52(53)60(55)51-25-24-44(56(6,7)8)34-48(51)39-16-13-12-14-17-39)42-28-43(30-45(29-42)57(9,10)11)50-33-40(26-27-58-50)38-22-20-37(5)21-23-38;/h12-27,29-36,61H,1-11H3;/q-1;. The minimum absolute atomic E-state index is 0. The van der Waals surface area contributed by atoms with Crippen LogP contribution in [0.4, 0.5) is 0 Å². The Balaban J connectivity index is 0.00000578. The Labute approximate surface area is 383 Å². The fourth-order valence-electron chi connectivity index (χ4n) is 8.20. The molecule has 0 atom stereocenters. The molecule has 0 unspecified atom stereocenters. The van der Waals surface area contributed by atoms with Gasteiger partial charge in [0.05, 0.1) is 22.3 Å². The summed E-state index contributed by atoms with van der Waals surface area (Å²) in [6.07, 6.45) is 1.90. The maximum Gasteiger partial charge on any atom is 0.148 e. The van der Waals surface area contributed by atoms with E-state index in [0.717, 1.165) is 78.0 Å². The molecule has 0 bridgehead atoms. The SMILES string of the molecule is Cc1ccc(-c2ccnc(-c3[c-]c(-c4cccc5c4nc(-c4cc(C(C)C)cc(C(C)C)c4O)n5-c4ccc(C(C)(C)C)cc4-c4ccccc4)cc(C(C)(C)C)c3)c2)cc1.[Pt]. The average Bonchev–Trinajstić information content (AvgIpc) is 3.62. The van der Waals surface area contributed by atoms with Crippen molar-refractivity contribution in [1.82, 2.24) is 14.5 Å². The second-order valence-electron chi connectivity index (χ2n) is 19.3. The first-order valence-electron chi connectivity index (χ1n) is 21.7. The molecule has 8 rings (SSSR count). The molecule has 0 aliphatic heterocycles.